The van der Waals surface area contributed by atoms with Crippen molar-refractivity contribution in [3.05, 3.63) is 71.4 Å². The van der Waals surface area contributed by atoms with E-state index in [4.69, 9.17) is 9.72 Å². The van der Waals surface area contributed by atoms with Crippen molar-refractivity contribution in [1.29, 1.82) is 0 Å². The molecule has 3 aromatic rings. The maximum Gasteiger partial charge on any atom is 0.130 e. The molecular formula is C25H27NO2. The summed E-state index contributed by atoms with van der Waals surface area (Å²) in [5.41, 5.74) is 4.72. The molecule has 4 rings (SSSR count). The van der Waals surface area contributed by atoms with Gasteiger partial charge in [0.05, 0.1) is 11.2 Å². The van der Waals surface area contributed by atoms with Crippen molar-refractivity contribution in [2.24, 2.45) is 5.92 Å². The summed E-state index contributed by atoms with van der Waals surface area (Å²) in [5, 5.41) is 1.15. The first-order chi connectivity index (χ1) is 13.7. The zero-order valence-corrected chi connectivity index (χ0v) is 16.5. The van der Waals surface area contributed by atoms with Gasteiger partial charge in [0.2, 0.25) is 0 Å². The normalized spacial score (nSPS) is 16.0. The van der Waals surface area contributed by atoms with Crippen LogP contribution in [0.15, 0.2) is 54.6 Å². The Morgan fingerprint density at radius 1 is 1.11 bits per heavy atom. The van der Waals surface area contributed by atoms with Gasteiger partial charge in [0, 0.05) is 11.8 Å². The van der Waals surface area contributed by atoms with Crippen molar-refractivity contribution in [2.75, 3.05) is 0 Å². The van der Waals surface area contributed by atoms with E-state index in [1.54, 1.807) is 6.92 Å². The fourth-order valence-electron chi connectivity index (χ4n) is 4.21. The van der Waals surface area contributed by atoms with Gasteiger partial charge >= 0.3 is 0 Å². The lowest BCUT2D eigenvalue weighted by Gasteiger charge is -2.26. The van der Waals surface area contributed by atoms with Crippen LogP contribution in [0.2, 0.25) is 0 Å². The summed E-state index contributed by atoms with van der Waals surface area (Å²) in [7, 11) is 0. The van der Waals surface area contributed by atoms with Gasteiger partial charge < -0.3 is 9.53 Å². The minimum Gasteiger partial charge on any atom is -0.487 e. The summed E-state index contributed by atoms with van der Waals surface area (Å²) in [6.07, 6.45) is 6.20. The van der Waals surface area contributed by atoms with E-state index < -0.39 is 0 Å². The second-order valence-electron chi connectivity index (χ2n) is 7.88. The second kappa shape index (κ2) is 8.55. The average Bonchev–Trinajstić information content (AvgIpc) is 2.71. The number of nitrogens with zero attached hydrogens (tertiary/aromatic N) is 1. The summed E-state index contributed by atoms with van der Waals surface area (Å²) in [5.74, 6) is 1.98. The molecule has 0 saturated heterocycles. The fraction of sp³-hybridized carbons (Fsp3) is 0.360. The molecule has 0 aliphatic heterocycles. The van der Waals surface area contributed by atoms with Crippen LogP contribution in [0, 0.1) is 5.92 Å². The molecule has 3 heteroatoms. The van der Waals surface area contributed by atoms with Gasteiger partial charge in [-0.25, -0.2) is 4.98 Å². The number of carbonyl (C=O) groups is 1. The van der Waals surface area contributed by atoms with Gasteiger partial charge in [0.1, 0.15) is 18.1 Å². The molecule has 3 nitrogen and oxygen atoms in total. The molecule has 1 unspecified atom stereocenters. The lowest BCUT2D eigenvalue weighted by molar-refractivity contribution is -0.117. The molecule has 2 aromatic carbocycles. The van der Waals surface area contributed by atoms with E-state index in [2.05, 4.69) is 30.3 Å². The second-order valence-corrected chi connectivity index (χ2v) is 7.88. The van der Waals surface area contributed by atoms with Crippen LogP contribution < -0.4 is 4.74 Å². The maximum atomic E-state index is 11.2. The molecule has 1 aromatic heterocycles. The predicted molar refractivity (Wildman–Crippen MR) is 113 cm³/mol. The van der Waals surface area contributed by atoms with Crippen LogP contribution in [-0.4, -0.2) is 10.8 Å². The number of carbonyl (C=O) groups excluding carboxylic acids is 1. The van der Waals surface area contributed by atoms with Crippen molar-refractivity contribution in [2.45, 2.75) is 52.1 Å². The smallest absolute Gasteiger partial charge is 0.130 e. The van der Waals surface area contributed by atoms with Gasteiger partial charge in [0.25, 0.3) is 0 Å². The zero-order valence-electron chi connectivity index (χ0n) is 16.5. The van der Waals surface area contributed by atoms with E-state index in [1.165, 1.54) is 17.5 Å². The Bertz CT molecular complexity index is 979. The third kappa shape index (κ3) is 4.41. The molecule has 144 valence electrons. The summed E-state index contributed by atoms with van der Waals surface area (Å²) >= 11 is 0. The molecule has 0 radical (unpaired) electrons. The molecule has 0 N–H and O–H groups in total. The zero-order chi connectivity index (χ0) is 19.3. The Morgan fingerprint density at radius 3 is 2.89 bits per heavy atom. The number of para-hydroxylation sites is 1. The number of fused-ring (bicyclic) bond motifs is 2. The fourth-order valence-corrected chi connectivity index (χ4v) is 4.21. The van der Waals surface area contributed by atoms with E-state index in [0.29, 0.717) is 24.7 Å². The number of Topliss-reactive ketones (excluding diaryl/α,β-unsaturated/α-hetero) is 1. The van der Waals surface area contributed by atoms with Gasteiger partial charge in [-0.2, -0.15) is 0 Å². The van der Waals surface area contributed by atoms with Crippen LogP contribution in [0.25, 0.3) is 10.9 Å². The Morgan fingerprint density at radius 2 is 2.00 bits per heavy atom. The number of ketones is 1. The van der Waals surface area contributed by atoms with Crippen molar-refractivity contribution < 1.29 is 9.53 Å². The van der Waals surface area contributed by atoms with Crippen LogP contribution in [0.4, 0.5) is 0 Å². The molecule has 28 heavy (non-hydrogen) atoms. The first-order valence-corrected chi connectivity index (χ1v) is 10.3. The molecule has 0 spiro atoms. The number of hydrogen-bond acceptors (Lipinski definition) is 3. The van der Waals surface area contributed by atoms with Crippen molar-refractivity contribution >= 4 is 16.7 Å². The van der Waals surface area contributed by atoms with Crippen molar-refractivity contribution in [1.82, 2.24) is 4.98 Å². The molecular weight excluding hydrogens is 346 g/mol. The monoisotopic (exact) mass is 373 g/mol. The molecule has 1 atom stereocenters. The lowest BCUT2D eigenvalue weighted by Crippen LogP contribution is -2.15. The quantitative estimate of drug-likeness (QED) is 0.535. The summed E-state index contributed by atoms with van der Waals surface area (Å²) in [6, 6.07) is 18.7. The molecule has 1 aliphatic carbocycles. The van der Waals surface area contributed by atoms with Crippen LogP contribution in [-0.2, 0) is 24.2 Å². The summed E-state index contributed by atoms with van der Waals surface area (Å²) in [4.78, 5) is 15.9. The van der Waals surface area contributed by atoms with Crippen LogP contribution in [0.1, 0.15) is 49.4 Å². The van der Waals surface area contributed by atoms with E-state index in [-0.39, 0.29) is 0 Å². The number of pyridine rings is 1. The summed E-state index contributed by atoms with van der Waals surface area (Å²) < 4.78 is 6.18. The number of hydrogen-bond donors (Lipinski definition) is 0. The first kappa shape index (κ1) is 18.7. The molecule has 1 aliphatic rings. The lowest BCUT2D eigenvalue weighted by atomic mass is 9.81. The van der Waals surface area contributed by atoms with Gasteiger partial charge in [-0.15, -0.1) is 0 Å². The SMILES string of the molecule is CC(=O)CCCC1CCc2c(cccc2OCc2ccc3ccccc3n2)C1. The van der Waals surface area contributed by atoms with Gasteiger partial charge in [-0.05, 0) is 74.3 Å². The molecule has 0 fully saturated rings. The third-order valence-electron chi connectivity index (χ3n) is 5.71. The predicted octanol–water partition coefficient (Wildman–Crippen LogP) is 5.68. The highest BCUT2D eigenvalue weighted by molar-refractivity contribution is 5.78. The maximum absolute atomic E-state index is 11.2. The minimum absolute atomic E-state index is 0.300. The Hall–Kier alpha value is -2.68. The standard InChI is InChI=1S/C25H27NO2/c1-18(27)6-4-7-19-12-15-23-21(16-19)9-5-11-25(23)28-17-22-14-13-20-8-2-3-10-24(20)26-22/h2-3,5,8-11,13-14,19H,4,6-7,12,15-17H2,1H3. The van der Waals surface area contributed by atoms with E-state index in [1.807, 2.05) is 24.3 Å². The van der Waals surface area contributed by atoms with Gasteiger partial charge in [-0.3, -0.25) is 0 Å². The Labute approximate surface area is 166 Å². The number of rotatable bonds is 7. The number of benzene rings is 2. The first-order valence-electron chi connectivity index (χ1n) is 10.3. The minimum atomic E-state index is 0.300. The van der Waals surface area contributed by atoms with Crippen molar-refractivity contribution in [3.8, 4) is 5.75 Å². The Kier molecular flexibility index (Phi) is 5.70. The van der Waals surface area contributed by atoms with Crippen molar-refractivity contribution in [3.63, 3.8) is 0 Å². The number of ether oxygens (including phenoxy) is 1. The average molecular weight is 373 g/mol. The molecule has 1 heterocycles. The van der Waals surface area contributed by atoms with E-state index in [0.717, 1.165) is 48.0 Å². The molecule has 0 bridgehead atoms. The van der Waals surface area contributed by atoms with Crippen LogP contribution in [0.5, 0.6) is 5.75 Å². The topological polar surface area (TPSA) is 39.2 Å². The third-order valence-corrected chi connectivity index (χ3v) is 5.71. The van der Waals surface area contributed by atoms with E-state index in [9.17, 15) is 4.79 Å². The van der Waals surface area contributed by atoms with E-state index >= 15 is 0 Å². The largest absolute Gasteiger partial charge is 0.487 e. The van der Waals surface area contributed by atoms with Gasteiger partial charge in [0.15, 0.2) is 0 Å². The van der Waals surface area contributed by atoms with Crippen LogP contribution in [0.3, 0.4) is 0 Å². The summed E-state index contributed by atoms with van der Waals surface area (Å²) in [6.45, 7) is 2.17. The van der Waals surface area contributed by atoms with Gasteiger partial charge in [-0.1, -0.05) is 36.4 Å². The van der Waals surface area contributed by atoms with Crippen LogP contribution >= 0.6 is 0 Å². The Balaban J connectivity index is 1.41. The molecule has 0 saturated carbocycles. The highest BCUT2D eigenvalue weighted by Crippen LogP contribution is 2.34. The molecule has 0 amide bonds. The highest BCUT2D eigenvalue weighted by Gasteiger charge is 2.21. The number of aromatic nitrogens is 1. The highest BCUT2D eigenvalue weighted by atomic mass is 16.5.